The van der Waals surface area contributed by atoms with Crippen molar-refractivity contribution in [3.05, 3.63) is 0 Å². The van der Waals surface area contributed by atoms with Crippen molar-refractivity contribution in [1.29, 1.82) is 5.26 Å². The van der Waals surface area contributed by atoms with E-state index in [4.69, 9.17) is 5.26 Å². The van der Waals surface area contributed by atoms with Gasteiger partial charge in [0, 0.05) is 0 Å². The second-order valence-electron chi connectivity index (χ2n) is 5.70. The van der Waals surface area contributed by atoms with Crippen molar-refractivity contribution < 1.29 is 8.42 Å². The number of hydrogen-bond donors (Lipinski definition) is 0. The third-order valence-corrected chi connectivity index (χ3v) is 6.80. The van der Waals surface area contributed by atoms with Crippen LogP contribution in [0.25, 0.3) is 0 Å². The Kier molecular flexibility index (Phi) is 5.65. The molecule has 1 aliphatic carbocycles. The first-order valence-electron chi connectivity index (χ1n) is 7.05. The highest BCUT2D eigenvalue weighted by molar-refractivity contribution is 7.92. The largest absolute Gasteiger partial charge is 0.228 e. The first kappa shape index (κ1) is 15.5. The molecule has 4 atom stereocenters. The minimum Gasteiger partial charge on any atom is -0.228 e. The third-order valence-electron chi connectivity index (χ3n) is 4.32. The van der Waals surface area contributed by atoms with Crippen LogP contribution in [0.2, 0.25) is 0 Å². The van der Waals surface area contributed by atoms with E-state index in [2.05, 4.69) is 13.0 Å². The molecule has 0 amide bonds. The van der Waals surface area contributed by atoms with Gasteiger partial charge in [-0.25, -0.2) is 8.42 Å². The lowest BCUT2D eigenvalue weighted by Gasteiger charge is -2.32. The summed E-state index contributed by atoms with van der Waals surface area (Å²) >= 11 is 0. The van der Waals surface area contributed by atoms with Gasteiger partial charge < -0.3 is 0 Å². The minimum absolute atomic E-state index is 0.191. The molecule has 0 aromatic heterocycles. The van der Waals surface area contributed by atoms with E-state index >= 15 is 0 Å². The normalized spacial score (nSPS) is 30.7. The van der Waals surface area contributed by atoms with Crippen LogP contribution in [0, 0.1) is 29.1 Å². The molecular formula is C14H25NO2S. The summed E-state index contributed by atoms with van der Waals surface area (Å²) in [7, 11) is -3.12. The Morgan fingerprint density at radius 2 is 2.00 bits per heavy atom. The molecule has 0 aromatic rings. The summed E-state index contributed by atoms with van der Waals surface area (Å²) in [6.07, 6.45) is 4.34. The molecule has 1 rings (SSSR count). The molecule has 104 valence electrons. The molecule has 0 heterocycles. The van der Waals surface area contributed by atoms with Crippen LogP contribution < -0.4 is 0 Å². The van der Waals surface area contributed by atoms with Crippen LogP contribution in [-0.2, 0) is 9.84 Å². The Morgan fingerprint density at radius 1 is 1.33 bits per heavy atom. The molecule has 0 N–H and O–H groups in total. The highest BCUT2D eigenvalue weighted by Gasteiger charge is 2.38. The summed E-state index contributed by atoms with van der Waals surface area (Å²) in [5, 5.41) is 8.74. The SMILES string of the molecule is CCC(C)CS(=O)(=O)C1CC(CC)CCC1C#N. The molecule has 1 aliphatic rings. The van der Waals surface area contributed by atoms with Crippen molar-refractivity contribution in [3.8, 4) is 6.07 Å². The molecule has 0 bridgehead atoms. The van der Waals surface area contributed by atoms with Gasteiger partial charge in [0.2, 0.25) is 0 Å². The minimum atomic E-state index is -3.12. The van der Waals surface area contributed by atoms with Gasteiger partial charge >= 0.3 is 0 Å². The molecule has 1 fully saturated rings. The zero-order chi connectivity index (χ0) is 13.8. The second-order valence-corrected chi connectivity index (χ2v) is 7.97. The maximum Gasteiger partial charge on any atom is 0.154 e. The Balaban J connectivity index is 2.85. The predicted octanol–water partition coefficient (Wildman–Crippen LogP) is 3.17. The lowest BCUT2D eigenvalue weighted by Crippen LogP contribution is -2.38. The van der Waals surface area contributed by atoms with Crippen LogP contribution >= 0.6 is 0 Å². The molecule has 0 aliphatic heterocycles. The van der Waals surface area contributed by atoms with Gasteiger partial charge in [-0.1, -0.05) is 33.6 Å². The number of hydrogen-bond acceptors (Lipinski definition) is 3. The Bertz CT molecular complexity index is 397. The van der Waals surface area contributed by atoms with E-state index in [0.29, 0.717) is 12.3 Å². The maximum atomic E-state index is 12.4. The summed E-state index contributed by atoms with van der Waals surface area (Å²) in [6.45, 7) is 6.09. The van der Waals surface area contributed by atoms with Crippen LogP contribution in [0.15, 0.2) is 0 Å². The second kappa shape index (κ2) is 6.56. The van der Waals surface area contributed by atoms with E-state index in [-0.39, 0.29) is 17.6 Å². The molecule has 0 aromatic carbocycles. The molecular weight excluding hydrogens is 246 g/mol. The molecule has 0 saturated heterocycles. The highest BCUT2D eigenvalue weighted by atomic mass is 32.2. The van der Waals surface area contributed by atoms with Gasteiger partial charge in [-0.2, -0.15) is 5.26 Å². The Morgan fingerprint density at radius 3 is 2.50 bits per heavy atom. The average Bonchev–Trinajstić information content (AvgIpc) is 2.37. The van der Waals surface area contributed by atoms with E-state index in [1.54, 1.807) is 0 Å². The number of sulfone groups is 1. The first-order chi connectivity index (χ1) is 8.44. The molecule has 4 unspecified atom stereocenters. The van der Waals surface area contributed by atoms with E-state index in [0.717, 1.165) is 25.7 Å². The topological polar surface area (TPSA) is 57.9 Å². The highest BCUT2D eigenvalue weighted by Crippen LogP contribution is 2.35. The van der Waals surface area contributed by atoms with Gasteiger partial charge in [0.1, 0.15) is 0 Å². The Labute approximate surface area is 111 Å². The van der Waals surface area contributed by atoms with Crippen LogP contribution in [0.4, 0.5) is 0 Å². The quantitative estimate of drug-likeness (QED) is 0.771. The fraction of sp³-hybridized carbons (Fsp3) is 0.929. The molecule has 1 saturated carbocycles. The van der Waals surface area contributed by atoms with Crippen LogP contribution in [0.1, 0.15) is 52.9 Å². The lowest BCUT2D eigenvalue weighted by molar-refractivity contribution is 0.307. The third kappa shape index (κ3) is 3.71. The Hall–Kier alpha value is -0.560. The van der Waals surface area contributed by atoms with Gasteiger partial charge in [0.25, 0.3) is 0 Å². The average molecular weight is 271 g/mol. The maximum absolute atomic E-state index is 12.4. The fourth-order valence-electron chi connectivity index (χ4n) is 2.77. The molecule has 0 radical (unpaired) electrons. The van der Waals surface area contributed by atoms with Gasteiger partial charge in [0.15, 0.2) is 9.84 Å². The summed E-state index contributed by atoms with van der Waals surface area (Å²) in [6, 6.07) is 2.22. The zero-order valence-electron chi connectivity index (χ0n) is 11.7. The van der Waals surface area contributed by atoms with Crippen LogP contribution in [0.5, 0.6) is 0 Å². The van der Waals surface area contributed by atoms with E-state index in [9.17, 15) is 8.42 Å². The van der Waals surface area contributed by atoms with Gasteiger partial charge in [-0.15, -0.1) is 0 Å². The van der Waals surface area contributed by atoms with Crippen molar-refractivity contribution in [2.24, 2.45) is 17.8 Å². The first-order valence-corrected chi connectivity index (χ1v) is 8.77. The monoisotopic (exact) mass is 271 g/mol. The smallest absolute Gasteiger partial charge is 0.154 e. The summed E-state index contributed by atoms with van der Waals surface area (Å²) in [4.78, 5) is 0. The molecule has 3 nitrogen and oxygen atoms in total. The summed E-state index contributed by atoms with van der Waals surface area (Å²) in [5.41, 5.74) is 0. The lowest BCUT2D eigenvalue weighted by atomic mass is 9.81. The predicted molar refractivity (Wildman–Crippen MR) is 73.8 cm³/mol. The number of nitrogens with zero attached hydrogens (tertiary/aromatic N) is 1. The van der Waals surface area contributed by atoms with Crippen molar-refractivity contribution in [2.75, 3.05) is 5.75 Å². The van der Waals surface area contributed by atoms with Gasteiger partial charge in [0.05, 0.1) is 23.0 Å². The number of nitriles is 1. The standard InChI is InChI=1S/C14H25NO2S/c1-4-11(3)10-18(16,17)14-8-12(5-2)6-7-13(14)9-15/h11-14H,4-8,10H2,1-3H3. The van der Waals surface area contributed by atoms with Crippen molar-refractivity contribution in [3.63, 3.8) is 0 Å². The van der Waals surface area contributed by atoms with Gasteiger partial charge in [-0.3, -0.25) is 0 Å². The van der Waals surface area contributed by atoms with E-state index in [1.165, 1.54) is 0 Å². The van der Waals surface area contributed by atoms with Crippen molar-refractivity contribution >= 4 is 9.84 Å². The zero-order valence-corrected chi connectivity index (χ0v) is 12.5. The molecule has 4 heteroatoms. The summed E-state index contributed by atoms with van der Waals surface area (Å²) in [5.74, 6) is 0.618. The van der Waals surface area contributed by atoms with Crippen LogP contribution in [-0.4, -0.2) is 19.4 Å². The van der Waals surface area contributed by atoms with Gasteiger partial charge in [-0.05, 0) is 31.1 Å². The van der Waals surface area contributed by atoms with Crippen molar-refractivity contribution in [1.82, 2.24) is 0 Å². The molecule has 0 spiro atoms. The number of rotatable bonds is 5. The van der Waals surface area contributed by atoms with Crippen molar-refractivity contribution in [2.45, 2.75) is 58.1 Å². The fourth-order valence-corrected chi connectivity index (χ4v) is 5.30. The van der Waals surface area contributed by atoms with E-state index in [1.807, 2.05) is 13.8 Å². The molecule has 18 heavy (non-hydrogen) atoms. The summed E-state index contributed by atoms with van der Waals surface area (Å²) < 4.78 is 24.9. The van der Waals surface area contributed by atoms with Crippen LogP contribution in [0.3, 0.4) is 0 Å². The van der Waals surface area contributed by atoms with E-state index < -0.39 is 15.1 Å².